The van der Waals surface area contributed by atoms with Crippen LogP contribution < -0.4 is 10.1 Å². The Morgan fingerprint density at radius 3 is 2.51 bits per heavy atom. The Bertz CT molecular complexity index is 1180. The predicted octanol–water partition coefficient (Wildman–Crippen LogP) is 6.79. The van der Waals surface area contributed by atoms with Gasteiger partial charge in [-0.3, -0.25) is 0 Å². The average Bonchev–Trinajstić information content (AvgIpc) is 3.05. The fourth-order valence-electron chi connectivity index (χ4n) is 4.47. The predicted molar refractivity (Wildman–Crippen MR) is 131 cm³/mol. The molecule has 1 N–H and O–H groups in total. The number of methoxy groups -OCH3 is 1. The number of benzene rings is 2. The molecule has 35 heavy (non-hydrogen) atoms. The summed E-state index contributed by atoms with van der Waals surface area (Å²) in [4.78, 5) is 14.4. The maximum atomic E-state index is 13.8. The second-order valence-electron chi connectivity index (χ2n) is 9.09. The summed E-state index contributed by atoms with van der Waals surface area (Å²) in [5, 5.41) is 2.95. The summed E-state index contributed by atoms with van der Waals surface area (Å²) in [6.07, 6.45) is -0.225. The molecule has 1 aliphatic carbocycles. The standard InChI is InChI=1S/C28H29F3N2O2/c1-18(2)20-12-13-26(35-3)24(15-20)23-11-7-10-22(28(29,30)31)14-21(23)16-33-17-25(32-27(33)34)19-8-5-4-6-9-19/h4-6,8-15,18,25H,7,16-17H2,1-3H3,(H,32,34)/t25-/m0/s1. The van der Waals surface area contributed by atoms with Gasteiger partial charge in [0.15, 0.2) is 0 Å². The molecular weight excluding hydrogens is 453 g/mol. The molecule has 0 unspecified atom stereocenters. The molecule has 0 radical (unpaired) electrons. The van der Waals surface area contributed by atoms with Crippen molar-refractivity contribution in [2.45, 2.75) is 38.4 Å². The summed E-state index contributed by atoms with van der Waals surface area (Å²) in [6.45, 7) is 4.53. The highest BCUT2D eigenvalue weighted by Gasteiger charge is 2.35. The Morgan fingerprint density at radius 2 is 1.86 bits per heavy atom. The summed E-state index contributed by atoms with van der Waals surface area (Å²) in [6, 6.07) is 14.8. The molecule has 184 valence electrons. The quantitative estimate of drug-likeness (QED) is 0.493. The smallest absolute Gasteiger partial charge is 0.416 e. The molecule has 4 nitrogen and oxygen atoms in total. The van der Waals surface area contributed by atoms with Crippen LogP contribution in [0.5, 0.6) is 5.75 Å². The molecule has 2 aromatic rings. The van der Waals surface area contributed by atoms with Crippen LogP contribution in [-0.2, 0) is 0 Å². The van der Waals surface area contributed by atoms with Crippen molar-refractivity contribution in [2.24, 2.45) is 0 Å². The van der Waals surface area contributed by atoms with Crippen LogP contribution in [-0.4, -0.2) is 37.3 Å². The first-order valence-corrected chi connectivity index (χ1v) is 11.6. The average molecular weight is 483 g/mol. The molecular formula is C28H29F3N2O2. The highest BCUT2D eigenvalue weighted by Crippen LogP contribution is 2.39. The van der Waals surface area contributed by atoms with Gasteiger partial charge in [-0.05, 0) is 52.8 Å². The second-order valence-corrected chi connectivity index (χ2v) is 9.09. The van der Waals surface area contributed by atoms with Crippen molar-refractivity contribution in [3.63, 3.8) is 0 Å². The first-order chi connectivity index (χ1) is 16.7. The van der Waals surface area contributed by atoms with Crippen molar-refractivity contribution in [1.82, 2.24) is 10.2 Å². The van der Waals surface area contributed by atoms with Crippen LogP contribution in [0.2, 0.25) is 0 Å². The van der Waals surface area contributed by atoms with Gasteiger partial charge >= 0.3 is 12.2 Å². The zero-order chi connectivity index (χ0) is 25.2. The third kappa shape index (κ3) is 5.45. The number of urea groups is 1. The maximum Gasteiger partial charge on any atom is 0.416 e. The van der Waals surface area contributed by atoms with Crippen molar-refractivity contribution < 1.29 is 22.7 Å². The van der Waals surface area contributed by atoms with Gasteiger partial charge in [0.05, 0.1) is 18.7 Å². The zero-order valence-electron chi connectivity index (χ0n) is 20.0. The SMILES string of the molecule is COc1ccc(C(C)C)cc1C1=CCC=C(C(F)(F)F)C=C1CN1C[C@@H](c2ccccc2)NC1=O. The molecule has 2 aliphatic rings. The van der Waals surface area contributed by atoms with Crippen LogP contribution in [0.15, 0.2) is 77.9 Å². The summed E-state index contributed by atoms with van der Waals surface area (Å²) >= 11 is 0. The van der Waals surface area contributed by atoms with Gasteiger partial charge in [-0.2, -0.15) is 13.2 Å². The molecule has 2 amide bonds. The van der Waals surface area contributed by atoms with E-state index >= 15 is 0 Å². The lowest BCUT2D eigenvalue weighted by Gasteiger charge is -2.22. The number of amides is 2. The van der Waals surface area contributed by atoms with Crippen molar-refractivity contribution >= 4 is 11.6 Å². The van der Waals surface area contributed by atoms with Crippen molar-refractivity contribution in [3.8, 4) is 5.75 Å². The van der Waals surface area contributed by atoms with Crippen molar-refractivity contribution in [1.29, 1.82) is 0 Å². The number of nitrogens with one attached hydrogen (secondary N) is 1. The lowest BCUT2D eigenvalue weighted by Crippen LogP contribution is -2.30. The first kappa shape index (κ1) is 24.6. The lowest BCUT2D eigenvalue weighted by molar-refractivity contribution is -0.0884. The Kier molecular flexibility index (Phi) is 7.05. The molecule has 2 aromatic carbocycles. The fraction of sp³-hybridized carbons (Fsp3) is 0.321. The molecule has 7 heteroatoms. The monoisotopic (exact) mass is 482 g/mol. The Balaban J connectivity index is 1.72. The van der Waals surface area contributed by atoms with Crippen molar-refractivity contribution in [2.75, 3.05) is 20.2 Å². The largest absolute Gasteiger partial charge is 0.496 e. The minimum absolute atomic E-state index is 0.0451. The summed E-state index contributed by atoms with van der Waals surface area (Å²) in [5.41, 5.74) is 3.09. The Labute approximate surface area is 203 Å². The number of halogens is 3. The molecule has 0 spiro atoms. The number of rotatable bonds is 6. The second kappa shape index (κ2) is 10.0. The van der Waals surface area contributed by atoms with E-state index in [-0.39, 0.29) is 31.0 Å². The number of hydrogen-bond acceptors (Lipinski definition) is 2. The third-order valence-corrected chi connectivity index (χ3v) is 6.39. The van der Waals surface area contributed by atoms with E-state index in [1.165, 1.54) is 12.2 Å². The molecule has 1 aliphatic heterocycles. The van der Waals surface area contributed by atoms with Crippen LogP contribution in [0, 0.1) is 0 Å². The van der Waals surface area contributed by atoms with E-state index in [2.05, 4.69) is 19.2 Å². The van der Waals surface area contributed by atoms with Crippen LogP contribution in [0.4, 0.5) is 18.0 Å². The van der Waals surface area contributed by atoms with Crippen LogP contribution in [0.3, 0.4) is 0 Å². The van der Waals surface area contributed by atoms with E-state index in [0.29, 0.717) is 23.4 Å². The summed E-state index contributed by atoms with van der Waals surface area (Å²) < 4.78 is 46.9. The first-order valence-electron chi connectivity index (χ1n) is 11.6. The zero-order valence-corrected chi connectivity index (χ0v) is 20.0. The van der Waals surface area contributed by atoms with Gasteiger partial charge in [0.2, 0.25) is 0 Å². The summed E-state index contributed by atoms with van der Waals surface area (Å²) in [7, 11) is 1.55. The number of carbonyl (C=O) groups is 1. The summed E-state index contributed by atoms with van der Waals surface area (Å²) in [5.74, 6) is 0.813. The number of alkyl halides is 3. The van der Waals surface area contributed by atoms with Gasteiger partial charge < -0.3 is 15.0 Å². The van der Waals surface area contributed by atoms with Crippen LogP contribution >= 0.6 is 0 Å². The van der Waals surface area contributed by atoms with Crippen molar-refractivity contribution in [3.05, 3.63) is 94.6 Å². The van der Waals surface area contributed by atoms with Crippen LogP contribution in [0.1, 0.15) is 48.9 Å². The molecule has 1 heterocycles. The number of allylic oxidation sites excluding steroid dienone is 4. The molecule has 0 aromatic heterocycles. The minimum Gasteiger partial charge on any atom is -0.496 e. The molecule has 1 saturated heterocycles. The molecule has 0 saturated carbocycles. The molecule has 1 atom stereocenters. The van der Waals surface area contributed by atoms with E-state index in [0.717, 1.165) is 16.7 Å². The van der Waals surface area contributed by atoms with E-state index in [1.807, 2.05) is 48.5 Å². The molecule has 4 rings (SSSR count). The minimum atomic E-state index is -4.49. The topological polar surface area (TPSA) is 41.6 Å². The van der Waals surface area contributed by atoms with E-state index in [1.54, 1.807) is 18.1 Å². The number of nitrogens with zero attached hydrogens (tertiary/aromatic N) is 1. The molecule has 0 bridgehead atoms. The maximum absolute atomic E-state index is 13.8. The number of ether oxygens (including phenoxy) is 1. The van der Waals surface area contributed by atoms with E-state index in [9.17, 15) is 18.0 Å². The normalized spacial score (nSPS) is 18.6. The number of carbonyl (C=O) groups excluding carboxylic acids is 1. The lowest BCUT2D eigenvalue weighted by atomic mass is 9.91. The Morgan fingerprint density at radius 1 is 1.11 bits per heavy atom. The van der Waals surface area contributed by atoms with Gasteiger partial charge in [-0.25, -0.2) is 4.79 Å². The highest BCUT2D eigenvalue weighted by molar-refractivity contribution is 5.86. The molecule has 1 fully saturated rings. The third-order valence-electron chi connectivity index (χ3n) is 6.39. The Hall–Kier alpha value is -3.48. The fourth-order valence-corrected chi connectivity index (χ4v) is 4.47. The van der Waals surface area contributed by atoms with E-state index in [4.69, 9.17) is 4.74 Å². The highest BCUT2D eigenvalue weighted by atomic mass is 19.4. The van der Waals surface area contributed by atoms with Gasteiger partial charge in [0.1, 0.15) is 5.75 Å². The van der Waals surface area contributed by atoms with Gasteiger partial charge in [-0.15, -0.1) is 0 Å². The van der Waals surface area contributed by atoms with Gasteiger partial charge in [0.25, 0.3) is 0 Å². The van der Waals surface area contributed by atoms with Gasteiger partial charge in [-0.1, -0.05) is 62.4 Å². The van der Waals surface area contributed by atoms with Crippen LogP contribution in [0.25, 0.3) is 5.57 Å². The number of hydrogen-bond donors (Lipinski definition) is 1. The van der Waals surface area contributed by atoms with Gasteiger partial charge in [0, 0.05) is 18.7 Å². The van der Waals surface area contributed by atoms with E-state index < -0.39 is 11.7 Å².